The summed E-state index contributed by atoms with van der Waals surface area (Å²) in [5.41, 5.74) is 3.43. The molecule has 0 atom stereocenters. The number of hydrogen-bond acceptors (Lipinski definition) is 7. The zero-order valence-electron chi connectivity index (χ0n) is 17.5. The molecule has 1 amide bonds. The van der Waals surface area contributed by atoms with Crippen LogP contribution in [0.4, 0.5) is 5.13 Å². The van der Waals surface area contributed by atoms with E-state index in [-0.39, 0.29) is 5.56 Å². The Morgan fingerprint density at radius 3 is 2.50 bits per heavy atom. The molecular weight excluding hydrogens is 474 g/mol. The molecule has 3 aromatic carbocycles. The molecule has 5 aromatic rings. The maximum Gasteiger partial charge on any atom is 0.339 e. The van der Waals surface area contributed by atoms with Crippen molar-refractivity contribution in [2.24, 2.45) is 0 Å². The van der Waals surface area contributed by atoms with Gasteiger partial charge in [-0.2, -0.15) is 0 Å². The van der Waals surface area contributed by atoms with Gasteiger partial charge in [0.05, 0.1) is 16.8 Å². The van der Waals surface area contributed by atoms with Crippen LogP contribution in [0.1, 0.15) is 10.4 Å². The van der Waals surface area contributed by atoms with E-state index in [0.717, 1.165) is 5.56 Å². The van der Waals surface area contributed by atoms with Gasteiger partial charge < -0.3 is 9.15 Å². The van der Waals surface area contributed by atoms with E-state index < -0.39 is 18.5 Å². The fourth-order valence-electron chi connectivity index (χ4n) is 3.32. The number of anilines is 1. The molecule has 5 rings (SSSR count). The summed E-state index contributed by atoms with van der Waals surface area (Å²) in [6.45, 7) is -0.471. The maximum atomic E-state index is 12.7. The third kappa shape index (κ3) is 4.54. The Hall–Kier alpha value is -4.01. The summed E-state index contributed by atoms with van der Waals surface area (Å²) in [7, 11) is 0. The number of oxazole rings is 1. The van der Waals surface area contributed by atoms with Crippen molar-refractivity contribution in [2.45, 2.75) is 0 Å². The molecule has 1 N–H and O–H groups in total. The van der Waals surface area contributed by atoms with Crippen molar-refractivity contribution in [1.82, 2.24) is 9.97 Å². The van der Waals surface area contributed by atoms with Crippen molar-refractivity contribution < 1.29 is 18.7 Å². The summed E-state index contributed by atoms with van der Waals surface area (Å²) in [4.78, 5) is 33.9. The van der Waals surface area contributed by atoms with Gasteiger partial charge in [-0.05, 0) is 30.3 Å². The highest BCUT2D eigenvalue weighted by molar-refractivity contribution is 7.14. The number of halogens is 1. The second kappa shape index (κ2) is 9.46. The number of carbonyl (C=O) groups excluding carboxylic acids is 2. The predicted molar refractivity (Wildman–Crippen MR) is 131 cm³/mol. The van der Waals surface area contributed by atoms with E-state index in [4.69, 9.17) is 20.8 Å². The number of carbonyl (C=O) groups is 2. The first-order valence-electron chi connectivity index (χ1n) is 10.2. The fraction of sp³-hybridized carbons (Fsp3) is 0.0400. The van der Waals surface area contributed by atoms with Crippen LogP contribution < -0.4 is 5.32 Å². The minimum Gasteiger partial charge on any atom is -0.452 e. The molecule has 168 valence electrons. The number of amides is 1. The van der Waals surface area contributed by atoms with E-state index in [0.29, 0.717) is 38.4 Å². The number of fused-ring (bicyclic) bond motifs is 1. The Balaban J connectivity index is 1.25. The van der Waals surface area contributed by atoms with Gasteiger partial charge in [0.15, 0.2) is 17.3 Å². The Bertz CT molecular complexity index is 1480. The average Bonchev–Trinajstić information content (AvgIpc) is 3.50. The monoisotopic (exact) mass is 489 g/mol. The standard InChI is InChI=1S/C25H16ClN3O4S/c26-18-10-4-3-9-17(18)20-14-34-25(28-20)29-22(30)13-32-24(31)16-8-2-1-7-15(16)23-27-19-11-5-6-12-21(19)33-23/h1-12,14H,13H2,(H,28,29,30). The number of rotatable bonds is 6. The number of ether oxygens (including phenoxy) is 1. The summed E-state index contributed by atoms with van der Waals surface area (Å²) < 4.78 is 11.0. The average molecular weight is 490 g/mol. The summed E-state index contributed by atoms with van der Waals surface area (Å²) >= 11 is 7.46. The van der Waals surface area contributed by atoms with E-state index in [1.807, 2.05) is 36.4 Å². The van der Waals surface area contributed by atoms with Gasteiger partial charge in [-0.25, -0.2) is 14.8 Å². The van der Waals surface area contributed by atoms with Crippen LogP contribution in [0.15, 0.2) is 82.6 Å². The highest BCUT2D eigenvalue weighted by Gasteiger charge is 2.19. The van der Waals surface area contributed by atoms with Gasteiger partial charge in [0.2, 0.25) is 5.89 Å². The topological polar surface area (TPSA) is 94.3 Å². The van der Waals surface area contributed by atoms with Crippen molar-refractivity contribution >= 4 is 51.0 Å². The van der Waals surface area contributed by atoms with Crippen LogP contribution in [0.5, 0.6) is 0 Å². The van der Waals surface area contributed by atoms with Gasteiger partial charge in [-0.3, -0.25) is 10.1 Å². The largest absolute Gasteiger partial charge is 0.452 e. The molecule has 7 nitrogen and oxygen atoms in total. The molecule has 0 aliphatic carbocycles. The summed E-state index contributed by atoms with van der Waals surface area (Å²) in [5, 5.41) is 5.38. The molecule has 0 bridgehead atoms. The van der Waals surface area contributed by atoms with Crippen LogP contribution in [0.3, 0.4) is 0 Å². The normalized spacial score (nSPS) is 10.9. The van der Waals surface area contributed by atoms with E-state index in [1.54, 1.807) is 41.8 Å². The van der Waals surface area contributed by atoms with Crippen LogP contribution in [-0.4, -0.2) is 28.5 Å². The first-order valence-corrected chi connectivity index (χ1v) is 11.5. The van der Waals surface area contributed by atoms with Gasteiger partial charge in [-0.1, -0.05) is 54.1 Å². The molecule has 0 aliphatic heterocycles. The number of nitrogens with one attached hydrogen (secondary N) is 1. The smallest absolute Gasteiger partial charge is 0.339 e. The van der Waals surface area contributed by atoms with Gasteiger partial charge in [0, 0.05) is 16.0 Å². The summed E-state index contributed by atoms with van der Waals surface area (Å²) in [6.07, 6.45) is 0. The highest BCUT2D eigenvalue weighted by Crippen LogP contribution is 2.30. The molecule has 2 aromatic heterocycles. The lowest BCUT2D eigenvalue weighted by Gasteiger charge is -2.07. The molecule has 0 saturated carbocycles. The summed E-state index contributed by atoms with van der Waals surface area (Å²) in [6, 6.07) is 21.4. The third-order valence-corrected chi connectivity index (χ3v) is 5.99. The van der Waals surface area contributed by atoms with E-state index >= 15 is 0 Å². The second-order valence-corrected chi connectivity index (χ2v) is 8.44. The number of nitrogens with zero attached hydrogens (tertiary/aromatic N) is 2. The van der Waals surface area contributed by atoms with E-state index in [9.17, 15) is 9.59 Å². The number of benzene rings is 3. The molecule has 0 radical (unpaired) electrons. The maximum absolute atomic E-state index is 12.7. The zero-order chi connectivity index (χ0) is 23.5. The van der Waals surface area contributed by atoms with E-state index in [1.165, 1.54) is 11.3 Å². The number of thiazole rings is 1. The van der Waals surface area contributed by atoms with Crippen LogP contribution in [0.2, 0.25) is 5.02 Å². The van der Waals surface area contributed by atoms with Crippen LogP contribution in [-0.2, 0) is 9.53 Å². The molecule has 0 saturated heterocycles. The van der Waals surface area contributed by atoms with Crippen LogP contribution in [0, 0.1) is 0 Å². The number of para-hydroxylation sites is 2. The Morgan fingerprint density at radius 2 is 1.68 bits per heavy atom. The lowest BCUT2D eigenvalue weighted by atomic mass is 10.1. The lowest BCUT2D eigenvalue weighted by Crippen LogP contribution is -2.21. The molecule has 0 fully saturated rings. The lowest BCUT2D eigenvalue weighted by molar-refractivity contribution is -0.119. The fourth-order valence-corrected chi connectivity index (χ4v) is 4.28. The number of hydrogen-bond donors (Lipinski definition) is 1. The highest BCUT2D eigenvalue weighted by atomic mass is 35.5. The zero-order valence-corrected chi connectivity index (χ0v) is 19.1. The second-order valence-electron chi connectivity index (χ2n) is 7.17. The third-order valence-electron chi connectivity index (χ3n) is 4.91. The first-order chi connectivity index (χ1) is 16.6. The number of esters is 1. The van der Waals surface area contributed by atoms with Crippen LogP contribution >= 0.6 is 22.9 Å². The molecule has 34 heavy (non-hydrogen) atoms. The van der Waals surface area contributed by atoms with Gasteiger partial charge >= 0.3 is 5.97 Å². The minimum atomic E-state index is -0.663. The van der Waals surface area contributed by atoms with Crippen molar-refractivity contribution in [2.75, 3.05) is 11.9 Å². The molecule has 0 unspecified atom stereocenters. The van der Waals surface area contributed by atoms with Crippen LogP contribution in [0.25, 0.3) is 33.8 Å². The predicted octanol–water partition coefficient (Wildman–Crippen LogP) is 6.07. The Labute approximate surface area is 203 Å². The molecule has 9 heteroatoms. The molecular formula is C25H16ClN3O4S. The van der Waals surface area contributed by atoms with Crippen molar-refractivity contribution in [3.05, 3.63) is 88.8 Å². The first kappa shape index (κ1) is 21.8. The SMILES string of the molecule is O=C(COC(=O)c1ccccc1-c1nc2ccccc2o1)Nc1nc(-c2ccccc2Cl)cs1. The van der Waals surface area contributed by atoms with E-state index in [2.05, 4.69) is 15.3 Å². The number of aromatic nitrogens is 2. The molecule has 0 aliphatic rings. The van der Waals surface area contributed by atoms with Crippen molar-refractivity contribution in [3.63, 3.8) is 0 Å². The molecule has 2 heterocycles. The Kier molecular flexibility index (Phi) is 6.07. The molecule has 0 spiro atoms. The quantitative estimate of drug-likeness (QED) is 0.291. The van der Waals surface area contributed by atoms with Crippen molar-refractivity contribution in [3.8, 4) is 22.7 Å². The van der Waals surface area contributed by atoms with Gasteiger partial charge in [-0.15, -0.1) is 11.3 Å². The minimum absolute atomic E-state index is 0.247. The Morgan fingerprint density at radius 1 is 0.941 bits per heavy atom. The van der Waals surface area contributed by atoms with Gasteiger partial charge in [0.25, 0.3) is 5.91 Å². The van der Waals surface area contributed by atoms with Gasteiger partial charge in [0.1, 0.15) is 5.52 Å². The summed E-state index contributed by atoms with van der Waals surface area (Å²) in [5.74, 6) is -0.871. The van der Waals surface area contributed by atoms with Crippen molar-refractivity contribution in [1.29, 1.82) is 0 Å².